The van der Waals surface area contributed by atoms with Crippen LogP contribution in [0.15, 0.2) is 0 Å². The summed E-state index contributed by atoms with van der Waals surface area (Å²) in [5.41, 5.74) is 0. The number of carbonyl (C=O) groups excluding carboxylic acids is 2. The average Bonchev–Trinajstić information content (AvgIpc) is 2.78. The molecule has 1 aliphatic heterocycles. The molecule has 2 amide bonds. The maximum absolute atomic E-state index is 12.2. The number of likely N-dealkylation sites (N-methyl/N-ethyl adjacent to an activating group) is 1. The molecular formula is C14H26N2O4S. The second kappa shape index (κ2) is 7.77. The molecule has 1 unspecified atom stereocenters. The molecule has 0 aliphatic carbocycles. The maximum atomic E-state index is 12.2. The fourth-order valence-electron chi connectivity index (χ4n) is 2.73. The van der Waals surface area contributed by atoms with E-state index in [1.54, 1.807) is 4.90 Å². The highest BCUT2D eigenvalue weighted by molar-refractivity contribution is 7.91. The maximum Gasteiger partial charge on any atom is 0.242 e. The molecule has 0 saturated carbocycles. The molecular weight excluding hydrogens is 292 g/mol. The first kappa shape index (κ1) is 17.9. The predicted octanol–water partition coefficient (Wildman–Crippen LogP) is 0.574. The zero-order valence-corrected chi connectivity index (χ0v) is 13.9. The van der Waals surface area contributed by atoms with Crippen LogP contribution in [0.1, 0.15) is 40.0 Å². The van der Waals surface area contributed by atoms with Crippen molar-refractivity contribution in [3.63, 3.8) is 0 Å². The van der Waals surface area contributed by atoms with Crippen molar-refractivity contribution in [1.82, 2.24) is 10.2 Å². The molecule has 1 fully saturated rings. The van der Waals surface area contributed by atoms with E-state index in [1.807, 2.05) is 20.8 Å². The topological polar surface area (TPSA) is 83.6 Å². The third kappa shape index (κ3) is 4.98. The van der Waals surface area contributed by atoms with Crippen LogP contribution in [0.3, 0.4) is 0 Å². The van der Waals surface area contributed by atoms with Crippen molar-refractivity contribution in [2.75, 3.05) is 24.6 Å². The molecule has 0 radical (unpaired) electrons. The van der Waals surface area contributed by atoms with Gasteiger partial charge in [-0.15, -0.1) is 0 Å². The molecule has 0 bridgehead atoms. The van der Waals surface area contributed by atoms with Crippen LogP contribution < -0.4 is 5.32 Å². The molecule has 122 valence electrons. The lowest BCUT2D eigenvalue weighted by Crippen LogP contribution is -2.46. The van der Waals surface area contributed by atoms with Crippen LogP contribution in [0, 0.1) is 5.92 Å². The van der Waals surface area contributed by atoms with E-state index in [-0.39, 0.29) is 41.8 Å². The van der Waals surface area contributed by atoms with E-state index in [4.69, 9.17) is 0 Å². The third-order valence-corrected chi connectivity index (χ3v) is 5.83. The van der Waals surface area contributed by atoms with Crippen molar-refractivity contribution in [3.05, 3.63) is 0 Å². The summed E-state index contributed by atoms with van der Waals surface area (Å²) >= 11 is 0. The van der Waals surface area contributed by atoms with Gasteiger partial charge in [0.15, 0.2) is 9.84 Å². The van der Waals surface area contributed by atoms with E-state index in [2.05, 4.69) is 5.32 Å². The lowest BCUT2D eigenvalue weighted by Gasteiger charge is -2.27. The standard InChI is InChI=1S/C14H26N2O4S/c1-4-11(5-2)14(18)15-9-13(17)16(6-3)12-7-8-21(19,20)10-12/h11-12H,4-10H2,1-3H3,(H,15,18). The minimum absolute atomic E-state index is 0.0348. The monoisotopic (exact) mass is 318 g/mol. The number of nitrogens with one attached hydrogen (secondary N) is 1. The van der Waals surface area contributed by atoms with Gasteiger partial charge in [0.05, 0.1) is 18.1 Å². The van der Waals surface area contributed by atoms with Crippen molar-refractivity contribution in [1.29, 1.82) is 0 Å². The highest BCUT2D eigenvalue weighted by Gasteiger charge is 2.33. The molecule has 0 spiro atoms. The van der Waals surface area contributed by atoms with Crippen molar-refractivity contribution in [2.45, 2.75) is 46.1 Å². The molecule has 1 heterocycles. The van der Waals surface area contributed by atoms with Crippen LogP contribution in [0.2, 0.25) is 0 Å². The summed E-state index contributed by atoms with van der Waals surface area (Å²) < 4.78 is 23.0. The summed E-state index contributed by atoms with van der Waals surface area (Å²) in [5, 5.41) is 2.66. The fourth-order valence-corrected chi connectivity index (χ4v) is 4.46. The predicted molar refractivity (Wildman–Crippen MR) is 81.5 cm³/mol. The minimum atomic E-state index is -3.02. The molecule has 0 aromatic rings. The van der Waals surface area contributed by atoms with Gasteiger partial charge in [-0.3, -0.25) is 9.59 Å². The smallest absolute Gasteiger partial charge is 0.242 e. The molecule has 1 saturated heterocycles. The highest BCUT2D eigenvalue weighted by atomic mass is 32.2. The Labute approximate surface area is 127 Å². The van der Waals surface area contributed by atoms with Gasteiger partial charge in [-0.25, -0.2) is 8.42 Å². The number of carbonyl (C=O) groups is 2. The van der Waals surface area contributed by atoms with Gasteiger partial charge in [0.2, 0.25) is 11.8 Å². The van der Waals surface area contributed by atoms with E-state index < -0.39 is 9.84 Å². The number of hydrogen-bond donors (Lipinski definition) is 1. The van der Waals surface area contributed by atoms with Crippen LogP contribution in [-0.2, 0) is 19.4 Å². The summed E-state index contributed by atoms with van der Waals surface area (Å²) in [5.74, 6) is -0.212. The molecule has 7 heteroatoms. The Morgan fingerprint density at radius 3 is 2.29 bits per heavy atom. The molecule has 0 aromatic carbocycles. The Morgan fingerprint density at radius 1 is 1.24 bits per heavy atom. The molecule has 21 heavy (non-hydrogen) atoms. The first-order valence-electron chi connectivity index (χ1n) is 7.62. The Hall–Kier alpha value is -1.11. The first-order valence-corrected chi connectivity index (χ1v) is 9.44. The Balaban J connectivity index is 2.55. The number of hydrogen-bond acceptors (Lipinski definition) is 4. The zero-order valence-electron chi connectivity index (χ0n) is 13.1. The number of sulfone groups is 1. The van der Waals surface area contributed by atoms with Gasteiger partial charge >= 0.3 is 0 Å². The van der Waals surface area contributed by atoms with Crippen molar-refractivity contribution in [3.8, 4) is 0 Å². The molecule has 1 atom stereocenters. The highest BCUT2D eigenvalue weighted by Crippen LogP contribution is 2.17. The van der Waals surface area contributed by atoms with Crippen LogP contribution in [0.25, 0.3) is 0 Å². The van der Waals surface area contributed by atoms with E-state index >= 15 is 0 Å². The van der Waals surface area contributed by atoms with Crippen molar-refractivity contribution >= 4 is 21.7 Å². The van der Waals surface area contributed by atoms with Gasteiger partial charge < -0.3 is 10.2 Å². The largest absolute Gasteiger partial charge is 0.347 e. The van der Waals surface area contributed by atoms with Crippen molar-refractivity contribution in [2.24, 2.45) is 5.92 Å². The third-order valence-electron chi connectivity index (χ3n) is 4.08. The number of nitrogens with zero attached hydrogens (tertiary/aromatic N) is 1. The lowest BCUT2D eigenvalue weighted by molar-refractivity contribution is -0.135. The molecule has 0 aromatic heterocycles. The zero-order chi connectivity index (χ0) is 16.0. The minimum Gasteiger partial charge on any atom is -0.347 e. The number of rotatable bonds is 7. The van der Waals surface area contributed by atoms with Crippen LogP contribution in [0.5, 0.6) is 0 Å². The summed E-state index contributed by atoms with van der Waals surface area (Å²) in [6.07, 6.45) is 1.98. The summed E-state index contributed by atoms with van der Waals surface area (Å²) in [4.78, 5) is 25.6. The van der Waals surface area contributed by atoms with E-state index in [0.29, 0.717) is 13.0 Å². The quantitative estimate of drug-likeness (QED) is 0.744. The van der Waals surface area contributed by atoms with E-state index in [9.17, 15) is 18.0 Å². The molecule has 6 nitrogen and oxygen atoms in total. The van der Waals surface area contributed by atoms with E-state index in [0.717, 1.165) is 12.8 Å². The fraction of sp³-hybridized carbons (Fsp3) is 0.857. The molecule has 1 N–H and O–H groups in total. The Kier molecular flexibility index (Phi) is 6.64. The van der Waals surface area contributed by atoms with Crippen LogP contribution in [-0.4, -0.2) is 55.8 Å². The Morgan fingerprint density at radius 2 is 1.86 bits per heavy atom. The second-order valence-electron chi connectivity index (χ2n) is 5.47. The van der Waals surface area contributed by atoms with Gasteiger partial charge in [0.1, 0.15) is 0 Å². The first-order chi connectivity index (χ1) is 9.84. The van der Waals surface area contributed by atoms with E-state index in [1.165, 1.54) is 0 Å². The molecule has 1 rings (SSSR count). The van der Waals surface area contributed by atoms with Gasteiger partial charge in [0.25, 0.3) is 0 Å². The lowest BCUT2D eigenvalue weighted by atomic mass is 10.0. The normalized spacial score (nSPS) is 20.5. The van der Waals surface area contributed by atoms with Gasteiger partial charge in [-0.2, -0.15) is 0 Å². The Bertz CT molecular complexity index is 471. The number of amides is 2. The van der Waals surface area contributed by atoms with Gasteiger partial charge in [-0.1, -0.05) is 13.8 Å². The SMILES string of the molecule is CCC(CC)C(=O)NCC(=O)N(CC)C1CCS(=O)(=O)C1. The summed E-state index contributed by atoms with van der Waals surface area (Å²) in [6.45, 7) is 6.11. The molecule has 1 aliphatic rings. The van der Waals surface area contributed by atoms with Crippen LogP contribution in [0.4, 0.5) is 0 Å². The van der Waals surface area contributed by atoms with Gasteiger partial charge in [0, 0.05) is 18.5 Å². The summed E-state index contributed by atoms with van der Waals surface area (Å²) in [6, 6.07) is -0.252. The average molecular weight is 318 g/mol. The second-order valence-corrected chi connectivity index (χ2v) is 7.70. The van der Waals surface area contributed by atoms with Gasteiger partial charge in [-0.05, 0) is 26.2 Å². The van der Waals surface area contributed by atoms with Crippen molar-refractivity contribution < 1.29 is 18.0 Å². The summed E-state index contributed by atoms with van der Waals surface area (Å²) in [7, 11) is -3.02. The van der Waals surface area contributed by atoms with Crippen LogP contribution >= 0.6 is 0 Å².